The van der Waals surface area contributed by atoms with Crippen LogP contribution in [-0.2, 0) is 4.74 Å². The Labute approximate surface area is 72.5 Å². The number of alkyl halides is 3. The number of ether oxygens (including phenoxy) is 1. The predicted molar refractivity (Wildman–Crippen MR) is 40.3 cm³/mol. The number of allylic oxidation sites excluding steroid dienone is 4. The first-order valence-electron chi connectivity index (χ1n) is 3.06. The molecule has 0 saturated carbocycles. The van der Waals surface area contributed by atoms with E-state index in [1.807, 2.05) is 0 Å². The minimum atomic E-state index is -4.68. The average molecular weight is 193 g/mol. The molecule has 5 heteroatoms. The fourth-order valence-corrected chi connectivity index (χ4v) is 0.873. The second-order valence-electron chi connectivity index (χ2n) is 2.05. The lowest BCUT2D eigenvalue weighted by molar-refractivity contribution is -0.302. The van der Waals surface area contributed by atoms with Crippen LogP contribution in [0.5, 0.6) is 0 Å². The second kappa shape index (κ2) is 3.26. The third-order valence-corrected chi connectivity index (χ3v) is 1.46. The van der Waals surface area contributed by atoms with Crippen molar-refractivity contribution in [2.45, 2.75) is 12.8 Å². The average Bonchev–Trinajstić information content (AvgIpc) is 1.91. The van der Waals surface area contributed by atoms with E-state index in [-0.39, 0.29) is 4.86 Å². The van der Waals surface area contributed by atoms with Crippen LogP contribution in [0.4, 0.5) is 13.2 Å². The zero-order valence-corrected chi connectivity index (χ0v) is 6.63. The van der Waals surface area contributed by atoms with E-state index in [0.29, 0.717) is 6.42 Å². The molecule has 0 unspecified atom stereocenters. The maximum Gasteiger partial charge on any atom is 0.573 e. The van der Waals surface area contributed by atoms with Crippen molar-refractivity contribution in [1.29, 1.82) is 0 Å². The van der Waals surface area contributed by atoms with Crippen LogP contribution in [0.2, 0.25) is 0 Å². The molecule has 0 heterocycles. The van der Waals surface area contributed by atoms with Gasteiger partial charge in [0.05, 0.1) is 4.86 Å². The lowest BCUT2D eigenvalue weighted by atomic mass is 10.2. The quantitative estimate of drug-likeness (QED) is 0.592. The van der Waals surface area contributed by atoms with Crippen LogP contribution in [0, 0.1) is 6.08 Å². The predicted octanol–water partition coefficient (Wildman–Crippen LogP) is 2.54. The van der Waals surface area contributed by atoms with E-state index in [1.165, 1.54) is 6.08 Å². The Balaban J connectivity index is 2.68. The van der Waals surface area contributed by atoms with Gasteiger partial charge in [-0.25, -0.2) is 0 Å². The van der Waals surface area contributed by atoms with Gasteiger partial charge in [0.1, 0.15) is 0 Å². The van der Waals surface area contributed by atoms with E-state index in [9.17, 15) is 13.2 Å². The van der Waals surface area contributed by atoms with Crippen molar-refractivity contribution in [3.8, 4) is 0 Å². The Hall–Kier alpha value is -0.840. The van der Waals surface area contributed by atoms with Gasteiger partial charge in [0.25, 0.3) is 0 Å². The largest absolute Gasteiger partial charge is 0.573 e. The summed E-state index contributed by atoms with van der Waals surface area (Å²) in [5.41, 5.74) is 0. The van der Waals surface area contributed by atoms with Crippen molar-refractivity contribution in [2.24, 2.45) is 0 Å². The van der Waals surface area contributed by atoms with Crippen molar-refractivity contribution in [2.75, 3.05) is 0 Å². The molecule has 0 saturated heterocycles. The van der Waals surface area contributed by atoms with Crippen molar-refractivity contribution in [1.82, 2.24) is 0 Å². The van der Waals surface area contributed by atoms with Gasteiger partial charge in [-0.15, -0.1) is 13.2 Å². The maximum atomic E-state index is 11.6. The summed E-state index contributed by atoms with van der Waals surface area (Å²) in [4.78, 5) is 0.120. The summed E-state index contributed by atoms with van der Waals surface area (Å²) in [6, 6.07) is 0. The van der Waals surface area contributed by atoms with Crippen molar-refractivity contribution < 1.29 is 17.9 Å². The highest BCUT2D eigenvalue weighted by Gasteiger charge is 2.33. The highest BCUT2D eigenvalue weighted by molar-refractivity contribution is 7.80. The fraction of sp³-hybridized carbons (Fsp3) is 0.286. The molecule has 0 spiro atoms. The molecule has 0 aromatic carbocycles. The molecule has 1 rings (SSSR count). The molecular formula is C7H4F3OS. The normalized spacial score (nSPS) is 17.6. The maximum absolute atomic E-state index is 11.6. The van der Waals surface area contributed by atoms with Gasteiger partial charge in [-0.1, -0.05) is 24.4 Å². The molecule has 0 aromatic heterocycles. The minimum Gasteiger partial charge on any atom is -0.404 e. The van der Waals surface area contributed by atoms with Crippen molar-refractivity contribution in [3.63, 3.8) is 0 Å². The number of hydrogen-bond donors (Lipinski definition) is 0. The van der Waals surface area contributed by atoms with Gasteiger partial charge in [-0.2, -0.15) is 0 Å². The van der Waals surface area contributed by atoms with E-state index in [4.69, 9.17) is 0 Å². The Kier molecular flexibility index (Phi) is 2.52. The van der Waals surface area contributed by atoms with E-state index in [0.717, 1.165) is 0 Å². The first-order chi connectivity index (χ1) is 5.49. The first kappa shape index (κ1) is 9.25. The van der Waals surface area contributed by atoms with Gasteiger partial charge in [-0.3, -0.25) is 0 Å². The zero-order valence-electron chi connectivity index (χ0n) is 5.81. The molecule has 1 aliphatic carbocycles. The molecule has 0 fully saturated rings. The summed E-state index contributed by atoms with van der Waals surface area (Å²) < 4.78 is 38.5. The van der Waals surface area contributed by atoms with Crippen LogP contribution in [0.3, 0.4) is 0 Å². The molecule has 1 nitrogen and oxygen atoms in total. The third-order valence-electron chi connectivity index (χ3n) is 1.11. The van der Waals surface area contributed by atoms with Crippen LogP contribution in [-0.4, -0.2) is 11.2 Å². The smallest absolute Gasteiger partial charge is 0.404 e. The third kappa shape index (κ3) is 2.65. The molecule has 0 aliphatic heterocycles. The van der Waals surface area contributed by atoms with E-state index < -0.39 is 12.1 Å². The van der Waals surface area contributed by atoms with Gasteiger partial charge in [-0.05, 0) is 0 Å². The standard InChI is InChI=1S/C7H4F3OS/c8-7(9,10)11-5-3-1-2-4-6(5)12/h1-2H,4H2. The molecule has 1 aliphatic rings. The molecule has 0 aromatic rings. The van der Waals surface area contributed by atoms with Gasteiger partial charge in [0.15, 0.2) is 5.76 Å². The van der Waals surface area contributed by atoms with Crippen LogP contribution in [0.25, 0.3) is 0 Å². The Bertz CT molecular complexity index is 252. The highest BCUT2D eigenvalue weighted by Crippen LogP contribution is 2.23. The number of halogens is 3. The first-order valence-corrected chi connectivity index (χ1v) is 3.47. The van der Waals surface area contributed by atoms with Crippen LogP contribution in [0.1, 0.15) is 6.42 Å². The monoisotopic (exact) mass is 193 g/mol. The summed E-state index contributed by atoms with van der Waals surface area (Å²) in [7, 11) is 0. The summed E-state index contributed by atoms with van der Waals surface area (Å²) >= 11 is 4.62. The molecule has 1 radical (unpaired) electrons. The van der Waals surface area contributed by atoms with E-state index >= 15 is 0 Å². The molecule has 0 bridgehead atoms. The molecule has 0 atom stereocenters. The fourth-order valence-electron chi connectivity index (χ4n) is 0.676. The lowest BCUT2D eigenvalue weighted by Crippen LogP contribution is -2.17. The number of rotatable bonds is 1. The Morgan fingerprint density at radius 3 is 2.67 bits per heavy atom. The summed E-state index contributed by atoms with van der Waals surface area (Å²) in [5.74, 6) is -0.403. The Morgan fingerprint density at radius 2 is 2.17 bits per heavy atom. The minimum absolute atomic E-state index is 0.120. The van der Waals surface area contributed by atoms with Gasteiger partial charge >= 0.3 is 6.36 Å². The molecule has 12 heavy (non-hydrogen) atoms. The van der Waals surface area contributed by atoms with E-state index in [2.05, 4.69) is 23.0 Å². The summed E-state index contributed by atoms with van der Waals surface area (Å²) in [5, 5.41) is 0. The summed E-state index contributed by atoms with van der Waals surface area (Å²) in [6.45, 7) is 0. The second-order valence-corrected chi connectivity index (χ2v) is 2.54. The zero-order chi connectivity index (χ0) is 9.19. The van der Waals surface area contributed by atoms with Gasteiger partial charge in [0, 0.05) is 12.5 Å². The van der Waals surface area contributed by atoms with Crippen LogP contribution in [0.15, 0.2) is 17.9 Å². The van der Waals surface area contributed by atoms with Gasteiger partial charge in [0.2, 0.25) is 0 Å². The van der Waals surface area contributed by atoms with Gasteiger partial charge < -0.3 is 4.74 Å². The number of thiocarbonyl (C=S) groups is 1. The lowest BCUT2D eigenvalue weighted by Gasteiger charge is -2.13. The molecule has 65 valence electrons. The molecular weight excluding hydrogens is 189 g/mol. The van der Waals surface area contributed by atoms with Crippen molar-refractivity contribution in [3.05, 3.63) is 24.0 Å². The Morgan fingerprint density at radius 1 is 1.50 bits per heavy atom. The van der Waals surface area contributed by atoms with E-state index in [1.54, 1.807) is 6.08 Å². The highest BCUT2D eigenvalue weighted by atomic mass is 32.1. The van der Waals surface area contributed by atoms with Crippen LogP contribution >= 0.6 is 12.2 Å². The van der Waals surface area contributed by atoms with Crippen LogP contribution < -0.4 is 0 Å². The summed E-state index contributed by atoms with van der Waals surface area (Å²) in [6.07, 6.45) is 0.869. The molecule has 0 amide bonds. The topological polar surface area (TPSA) is 9.23 Å². The van der Waals surface area contributed by atoms with Crippen molar-refractivity contribution >= 4 is 17.1 Å². The molecule has 0 N–H and O–H groups in total. The number of hydrogen-bond acceptors (Lipinski definition) is 2. The SMILES string of the molecule is FC(F)(F)OC1=[C]C=CCC1=S.